The number of anilines is 1. The fraction of sp³-hybridized carbons (Fsp3) is 0.455. The maximum absolute atomic E-state index is 10.7. The van der Waals surface area contributed by atoms with Gasteiger partial charge in [0.25, 0.3) is 5.69 Å². The lowest BCUT2D eigenvalue weighted by molar-refractivity contribution is -0.384. The molecule has 17 heavy (non-hydrogen) atoms. The van der Waals surface area contributed by atoms with E-state index in [1.54, 1.807) is 12.1 Å². The summed E-state index contributed by atoms with van der Waals surface area (Å²) in [6.45, 7) is 1.49. The molecule has 0 aliphatic heterocycles. The van der Waals surface area contributed by atoms with Gasteiger partial charge in [-0.1, -0.05) is 6.07 Å². The van der Waals surface area contributed by atoms with Crippen LogP contribution in [0.3, 0.4) is 0 Å². The molecule has 1 aromatic carbocycles. The number of nitro groups is 1. The van der Waals surface area contributed by atoms with E-state index in [1.165, 1.54) is 6.07 Å². The second-order valence-corrected chi connectivity index (χ2v) is 3.97. The minimum Gasteiger partial charge on any atom is -0.396 e. The molecule has 1 aromatic rings. The highest BCUT2D eigenvalue weighted by molar-refractivity contribution is 5.59. The SMILES string of the molecule is CN(CCCO)Cc1ccc(N)c([N+](=O)[O-])c1. The van der Waals surface area contributed by atoms with Crippen molar-refractivity contribution >= 4 is 11.4 Å². The Bertz CT molecular complexity index is 396. The molecule has 3 N–H and O–H groups in total. The molecule has 0 radical (unpaired) electrons. The van der Waals surface area contributed by atoms with Crippen LogP contribution in [0.1, 0.15) is 12.0 Å². The first-order valence-corrected chi connectivity index (χ1v) is 5.36. The van der Waals surface area contributed by atoms with Gasteiger partial charge in [-0.15, -0.1) is 0 Å². The first kappa shape index (κ1) is 13.4. The third-order valence-electron chi connectivity index (χ3n) is 2.44. The van der Waals surface area contributed by atoms with E-state index in [0.29, 0.717) is 13.0 Å². The predicted molar refractivity (Wildman–Crippen MR) is 65.5 cm³/mol. The van der Waals surface area contributed by atoms with Gasteiger partial charge in [-0.3, -0.25) is 10.1 Å². The first-order chi connectivity index (χ1) is 8.04. The van der Waals surface area contributed by atoms with E-state index in [4.69, 9.17) is 10.8 Å². The molecule has 1 rings (SSSR count). The topological polar surface area (TPSA) is 92.6 Å². The molecular weight excluding hydrogens is 222 g/mol. The van der Waals surface area contributed by atoms with Crippen LogP contribution < -0.4 is 5.73 Å². The molecule has 0 saturated heterocycles. The fourth-order valence-electron chi connectivity index (χ4n) is 1.58. The molecule has 0 heterocycles. The molecule has 0 spiro atoms. The van der Waals surface area contributed by atoms with Gasteiger partial charge in [0.1, 0.15) is 5.69 Å². The highest BCUT2D eigenvalue weighted by Gasteiger charge is 2.12. The van der Waals surface area contributed by atoms with Crippen LogP contribution >= 0.6 is 0 Å². The van der Waals surface area contributed by atoms with Crippen LogP contribution in [0.25, 0.3) is 0 Å². The van der Waals surface area contributed by atoms with Crippen LogP contribution in [-0.4, -0.2) is 35.1 Å². The maximum atomic E-state index is 10.7. The zero-order valence-electron chi connectivity index (χ0n) is 9.80. The quantitative estimate of drug-likeness (QED) is 0.438. The van der Waals surface area contributed by atoms with Crippen molar-refractivity contribution < 1.29 is 10.0 Å². The number of benzene rings is 1. The normalized spacial score (nSPS) is 10.8. The van der Waals surface area contributed by atoms with Crippen LogP contribution in [0.4, 0.5) is 11.4 Å². The number of nitro benzene ring substituents is 1. The maximum Gasteiger partial charge on any atom is 0.292 e. The van der Waals surface area contributed by atoms with Gasteiger partial charge in [-0.25, -0.2) is 0 Å². The number of nitrogens with two attached hydrogens (primary N) is 1. The Kier molecular flexibility index (Phi) is 4.86. The lowest BCUT2D eigenvalue weighted by atomic mass is 10.1. The number of hydrogen-bond donors (Lipinski definition) is 2. The monoisotopic (exact) mass is 239 g/mol. The lowest BCUT2D eigenvalue weighted by Crippen LogP contribution is -2.20. The molecule has 0 amide bonds. The zero-order valence-corrected chi connectivity index (χ0v) is 9.80. The number of hydrogen-bond acceptors (Lipinski definition) is 5. The van der Waals surface area contributed by atoms with E-state index in [9.17, 15) is 10.1 Å². The smallest absolute Gasteiger partial charge is 0.292 e. The average Bonchev–Trinajstić information content (AvgIpc) is 2.28. The molecule has 0 unspecified atom stereocenters. The molecule has 0 saturated carbocycles. The number of rotatable bonds is 6. The second kappa shape index (κ2) is 6.17. The Morgan fingerprint density at radius 3 is 2.82 bits per heavy atom. The highest BCUT2D eigenvalue weighted by Crippen LogP contribution is 2.22. The first-order valence-electron chi connectivity index (χ1n) is 5.36. The largest absolute Gasteiger partial charge is 0.396 e. The lowest BCUT2D eigenvalue weighted by Gasteiger charge is -2.15. The van der Waals surface area contributed by atoms with E-state index in [-0.39, 0.29) is 18.0 Å². The number of nitrogen functional groups attached to an aromatic ring is 1. The van der Waals surface area contributed by atoms with E-state index in [2.05, 4.69) is 0 Å². The van der Waals surface area contributed by atoms with Crippen LogP contribution in [0.15, 0.2) is 18.2 Å². The molecular formula is C11H17N3O3. The second-order valence-electron chi connectivity index (χ2n) is 3.97. The predicted octanol–water partition coefficient (Wildman–Crippen LogP) is 0.991. The standard InChI is InChI=1S/C11H17N3O3/c1-13(5-2-6-15)8-9-3-4-10(12)11(7-9)14(16)17/h3-4,7,15H,2,5-6,8,12H2,1H3. The summed E-state index contributed by atoms with van der Waals surface area (Å²) in [6, 6.07) is 4.82. The Morgan fingerprint density at radius 1 is 1.53 bits per heavy atom. The molecule has 0 fully saturated rings. The summed E-state index contributed by atoms with van der Waals surface area (Å²) in [4.78, 5) is 12.2. The van der Waals surface area contributed by atoms with Crippen LogP contribution in [0.2, 0.25) is 0 Å². The van der Waals surface area contributed by atoms with Crippen LogP contribution in [0, 0.1) is 10.1 Å². The summed E-state index contributed by atoms with van der Waals surface area (Å²) in [5.41, 5.74) is 6.47. The number of nitrogens with zero attached hydrogens (tertiary/aromatic N) is 2. The van der Waals surface area contributed by atoms with E-state index < -0.39 is 4.92 Å². The van der Waals surface area contributed by atoms with Gasteiger partial charge in [0.15, 0.2) is 0 Å². The van der Waals surface area contributed by atoms with Gasteiger partial charge in [-0.2, -0.15) is 0 Å². The van der Waals surface area contributed by atoms with Gasteiger partial charge in [0.2, 0.25) is 0 Å². The van der Waals surface area contributed by atoms with Crippen molar-refractivity contribution in [1.82, 2.24) is 4.90 Å². The van der Waals surface area contributed by atoms with Crippen molar-refractivity contribution in [2.45, 2.75) is 13.0 Å². The third kappa shape index (κ3) is 4.01. The van der Waals surface area contributed by atoms with Gasteiger partial charge in [-0.05, 0) is 25.1 Å². The molecule has 0 bridgehead atoms. The minimum atomic E-state index is -0.480. The van der Waals surface area contributed by atoms with Crippen LogP contribution in [0.5, 0.6) is 0 Å². The summed E-state index contributed by atoms with van der Waals surface area (Å²) in [7, 11) is 1.90. The average molecular weight is 239 g/mol. The Balaban J connectivity index is 2.72. The van der Waals surface area contributed by atoms with Crippen LogP contribution in [-0.2, 0) is 6.54 Å². The van der Waals surface area contributed by atoms with Crippen molar-refractivity contribution in [3.63, 3.8) is 0 Å². The van der Waals surface area contributed by atoms with E-state index in [1.807, 2.05) is 11.9 Å². The summed E-state index contributed by atoms with van der Waals surface area (Å²) in [5.74, 6) is 0. The van der Waals surface area contributed by atoms with Gasteiger partial charge in [0, 0.05) is 25.8 Å². The fourth-order valence-corrected chi connectivity index (χ4v) is 1.58. The van der Waals surface area contributed by atoms with Gasteiger partial charge in [0.05, 0.1) is 4.92 Å². The molecule has 94 valence electrons. The van der Waals surface area contributed by atoms with Crippen molar-refractivity contribution in [2.75, 3.05) is 25.9 Å². The Morgan fingerprint density at radius 2 is 2.24 bits per heavy atom. The van der Waals surface area contributed by atoms with Gasteiger partial charge < -0.3 is 15.7 Å². The number of aliphatic hydroxyl groups is 1. The molecule has 6 nitrogen and oxygen atoms in total. The molecule has 0 aromatic heterocycles. The summed E-state index contributed by atoms with van der Waals surface area (Å²) < 4.78 is 0. The molecule has 0 aliphatic carbocycles. The van der Waals surface area contributed by atoms with E-state index in [0.717, 1.165) is 12.1 Å². The van der Waals surface area contributed by atoms with E-state index >= 15 is 0 Å². The van der Waals surface area contributed by atoms with Crippen molar-refractivity contribution in [2.24, 2.45) is 0 Å². The summed E-state index contributed by atoms with van der Waals surface area (Å²) >= 11 is 0. The molecule has 0 atom stereocenters. The Labute approximate surface area is 99.8 Å². The van der Waals surface area contributed by atoms with Crippen molar-refractivity contribution in [3.05, 3.63) is 33.9 Å². The highest BCUT2D eigenvalue weighted by atomic mass is 16.6. The Hall–Kier alpha value is -1.66. The molecule has 0 aliphatic rings. The summed E-state index contributed by atoms with van der Waals surface area (Å²) in [5, 5.41) is 19.4. The van der Waals surface area contributed by atoms with Crippen molar-refractivity contribution in [3.8, 4) is 0 Å². The summed E-state index contributed by atoms with van der Waals surface area (Å²) in [6.07, 6.45) is 0.688. The number of aliphatic hydroxyl groups excluding tert-OH is 1. The van der Waals surface area contributed by atoms with Crippen molar-refractivity contribution in [1.29, 1.82) is 0 Å². The minimum absolute atomic E-state index is 0.0574. The third-order valence-corrected chi connectivity index (χ3v) is 2.44. The van der Waals surface area contributed by atoms with Gasteiger partial charge >= 0.3 is 0 Å². The molecule has 6 heteroatoms. The zero-order chi connectivity index (χ0) is 12.8.